The number of amides is 2. The molecule has 4 rings (SSSR count). The largest absolute Gasteiger partial charge is 0.322 e. The summed E-state index contributed by atoms with van der Waals surface area (Å²) in [5, 5.41) is 3.44. The maximum Gasteiger partial charge on any atom is 0.322 e. The van der Waals surface area contributed by atoms with E-state index >= 15 is 0 Å². The number of rotatable bonds is 3. The van der Waals surface area contributed by atoms with Crippen molar-refractivity contribution < 1.29 is 9.18 Å². The first kappa shape index (κ1) is 17.3. The van der Waals surface area contributed by atoms with Gasteiger partial charge in [-0.2, -0.15) is 0 Å². The Morgan fingerprint density at radius 2 is 1.73 bits per heavy atom. The van der Waals surface area contributed by atoms with Gasteiger partial charge in [0, 0.05) is 36.7 Å². The Balaban J connectivity index is 1.40. The first-order valence-electron chi connectivity index (χ1n) is 8.91. The summed E-state index contributed by atoms with van der Waals surface area (Å²) in [6, 6.07) is 14.7. The highest BCUT2D eigenvalue weighted by molar-refractivity contribution is 6.30. The van der Waals surface area contributed by atoms with Gasteiger partial charge in [-0.05, 0) is 42.7 Å². The molecule has 2 atom stereocenters. The summed E-state index contributed by atoms with van der Waals surface area (Å²) in [6.45, 7) is 2.21. The minimum atomic E-state index is -0.412. The van der Waals surface area contributed by atoms with Crippen LogP contribution in [0.4, 0.5) is 14.9 Å². The molecule has 4 nitrogen and oxygen atoms in total. The van der Waals surface area contributed by atoms with Crippen LogP contribution in [0.2, 0.25) is 5.02 Å². The van der Waals surface area contributed by atoms with E-state index in [1.165, 1.54) is 11.6 Å². The van der Waals surface area contributed by atoms with Crippen LogP contribution in [-0.4, -0.2) is 41.0 Å². The number of fused-ring (bicyclic) bond motifs is 2. The summed E-state index contributed by atoms with van der Waals surface area (Å²) in [7, 11) is 0. The Bertz CT molecular complexity index is 784. The van der Waals surface area contributed by atoms with E-state index in [9.17, 15) is 9.18 Å². The number of nitrogens with zero attached hydrogens (tertiary/aromatic N) is 2. The van der Waals surface area contributed by atoms with Crippen molar-refractivity contribution in [3.63, 3.8) is 0 Å². The quantitative estimate of drug-likeness (QED) is 0.867. The van der Waals surface area contributed by atoms with Gasteiger partial charge in [-0.25, -0.2) is 9.18 Å². The van der Waals surface area contributed by atoms with Crippen LogP contribution in [0.25, 0.3) is 0 Å². The average molecular weight is 374 g/mol. The zero-order chi connectivity index (χ0) is 18.1. The Kier molecular flexibility index (Phi) is 4.83. The predicted molar refractivity (Wildman–Crippen MR) is 101 cm³/mol. The normalized spacial score (nSPS) is 22.5. The van der Waals surface area contributed by atoms with E-state index in [2.05, 4.69) is 22.3 Å². The Morgan fingerprint density at radius 3 is 2.38 bits per heavy atom. The molecule has 1 N–H and O–H groups in total. The Hall–Kier alpha value is -2.11. The molecule has 2 saturated heterocycles. The third-order valence-electron chi connectivity index (χ3n) is 5.31. The van der Waals surface area contributed by atoms with Gasteiger partial charge in [0.1, 0.15) is 5.82 Å². The molecule has 2 fully saturated rings. The van der Waals surface area contributed by atoms with Crippen molar-refractivity contribution >= 4 is 23.3 Å². The lowest BCUT2D eigenvalue weighted by Gasteiger charge is -2.41. The van der Waals surface area contributed by atoms with Crippen LogP contribution >= 0.6 is 11.6 Å². The van der Waals surface area contributed by atoms with E-state index in [-0.39, 0.29) is 11.7 Å². The smallest absolute Gasteiger partial charge is 0.321 e. The summed E-state index contributed by atoms with van der Waals surface area (Å²) < 4.78 is 13.8. The van der Waals surface area contributed by atoms with Crippen molar-refractivity contribution in [3.8, 4) is 0 Å². The van der Waals surface area contributed by atoms with E-state index in [4.69, 9.17) is 11.6 Å². The van der Waals surface area contributed by atoms with Crippen molar-refractivity contribution in [3.05, 3.63) is 64.9 Å². The summed E-state index contributed by atoms with van der Waals surface area (Å²) >= 11 is 5.96. The van der Waals surface area contributed by atoms with Gasteiger partial charge in [-0.3, -0.25) is 4.90 Å². The predicted octanol–water partition coefficient (Wildman–Crippen LogP) is 4.36. The number of halogens is 2. The van der Waals surface area contributed by atoms with Crippen LogP contribution in [0.3, 0.4) is 0 Å². The second kappa shape index (κ2) is 7.25. The fourth-order valence-electron chi connectivity index (χ4n) is 3.97. The molecule has 2 aromatic rings. The molecule has 2 unspecified atom stereocenters. The highest BCUT2D eigenvalue weighted by Gasteiger charge is 2.41. The Labute approximate surface area is 157 Å². The van der Waals surface area contributed by atoms with Gasteiger partial charge < -0.3 is 10.2 Å². The van der Waals surface area contributed by atoms with Gasteiger partial charge in [0.05, 0.1) is 5.69 Å². The molecule has 0 radical (unpaired) electrons. The number of piperazine rings is 1. The highest BCUT2D eigenvalue weighted by Crippen LogP contribution is 2.32. The molecular formula is C20H21ClFN3O. The maximum atomic E-state index is 13.8. The molecule has 2 amide bonds. The second-order valence-electron chi connectivity index (χ2n) is 7.00. The van der Waals surface area contributed by atoms with E-state index in [1.54, 1.807) is 18.2 Å². The summed E-state index contributed by atoms with van der Waals surface area (Å²) in [6.07, 6.45) is 2.17. The Morgan fingerprint density at radius 1 is 1.08 bits per heavy atom. The lowest BCUT2D eigenvalue weighted by Crippen LogP contribution is -2.55. The molecule has 0 saturated carbocycles. The fraction of sp³-hybridized carbons (Fsp3) is 0.350. The number of para-hydroxylation sites is 1. The number of carbonyl (C=O) groups excluding carboxylic acids is 1. The molecule has 2 heterocycles. The number of urea groups is 1. The molecule has 2 aliphatic heterocycles. The summed E-state index contributed by atoms with van der Waals surface area (Å²) in [5.74, 6) is -0.412. The molecule has 2 bridgehead atoms. The summed E-state index contributed by atoms with van der Waals surface area (Å²) in [5.41, 5.74) is 1.46. The van der Waals surface area contributed by atoms with Crippen LogP contribution < -0.4 is 5.32 Å². The van der Waals surface area contributed by atoms with Gasteiger partial charge in [0.2, 0.25) is 0 Å². The second-order valence-corrected chi connectivity index (χ2v) is 7.44. The van der Waals surface area contributed by atoms with Gasteiger partial charge in [0.15, 0.2) is 0 Å². The number of hydrogen-bond donors (Lipinski definition) is 1. The van der Waals surface area contributed by atoms with Crippen molar-refractivity contribution in [1.82, 2.24) is 9.80 Å². The van der Waals surface area contributed by atoms with Crippen LogP contribution in [-0.2, 0) is 6.54 Å². The molecule has 6 heteroatoms. The summed E-state index contributed by atoms with van der Waals surface area (Å²) in [4.78, 5) is 16.9. The highest BCUT2D eigenvalue weighted by atomic mass is 35.5. The molecule has 0 aromatic heterocycles. The van der Waals surface area contributed by atoms with Crippen molar-refractivity contribution in [2.45, 2.75) is 31.5 Å². The van der Waals surface area contributed by atoms with Crippen molar-refractivity contribution in [2.75, 3.05) is 18.4 Å². The lowest BCUT2D eigenvalue weighted by molar-refractivity contribution is 0.0812. The molecule has 136 valence electrons. The number of nitrogens with one attached hydrogen (secondary N) is 1. The number of carbonyl (C=O) groups is 1. The third kappa shape index (κ3) is 3.55. The topological polar surface area (TPSA) is 35.6 Å². The van der Waals surface area contributed by atoms with Crippen LogP contribution in [0, 0.1) is 5.82 Å². The molecule has 2 aliphatic rings. The monoisotopic (exact) mass is 373 g/mol. The molecular weight excluding hydrogens is 353 g/mol. The SMILES string of the molecule is O=C(Nc1ccccc1F)N1CC2CCC(C1)N2Cc1ccc(Cl)cc1. The number of likely N-dealkylation sites (tertiary alicyclic amines) is 1. The minimum absolute atomic E-state index is 0.224. The third-order valence-corrected chi connectivity index (χ3v) is 5.57. The number of anilines is 1. The maximum absolute atomic E-state index is 13.8. The zero-order valence-electron chi connectivity index (χ0n) is 14.4. The van der Waals surface area contributed by atoms with Crippen LogP contribution in [0.5, 0.6) is 0 Å². The van der Waals surface area contributed by atoms with Gasteiger partial charge in [-0.1, -0.05) is 35.9 Å². The fourth-order valence-corrected chi connectivity index (χ4v) is 4.10. The molecule has 0 aliphatic carbocycles. The van der Waals surface area contributed by atoms with Crippen molar-refractivity contribution in [1.29, 1.82) is 0 Å². The lowest BCUT2D eigenvalue weighted by atomic mass is 10.1. The standard InChI is InChI=1S/C20H21ClFN3O/c21-15-7-5-14(6-8-15)11-25-16-9-10-17(25)13-24(12-16)20(26)23-19-4-2-1-3-18(19)22/h1-8,16-17H,9-13H2,(H,23,26). The average Bonchev–Trinajstić information content (AvgIpc) is 2.87. The molecule has 2 aromatic carbocycles. The molecule has 0 spiro atoms. The van der Waals surface area contributed by atoms with Crippen LogP contribution in [0.15, 0.2) is 48.5 Å². The van der Waals surface area contributed by atoms with Gasteiger partial charge >= 0.3 is 6.03 Å². The first-order chi connectivity index (χ1) is 12.6. The van der Waals surface area contributed by atoms with Gasteiger partial charge in [0.25, 0.3) is 0 Å². The number of hydrogen-bond acceptors (Lipinski definition) is 2. The zero-order valence-corrected chi connectivity index (χ0v) is 15.1. The minimum Gasteiger partial charge on any atom is -0.321 e. The van der Waals surface area contributed by atoms with Gasteiger partial charge in [-0.15, -0.1) is 0 Å². The first-order valence-corrected chi connectivity index (χ1v) is 9.28. The van der Waals surface area contributed by atoms with E-state index in [1.807, 2.05) is 17.0 Å². The van der Waals surface area contributed by atoms with E-state index in [0.717, 1.165) is 24.4 Å². The van der Waals surface area contributed by atoms with E-state index in [0.29, 0.717) is 25.2 Å². The van der Waals surface area contributed by atoms with E-state index < -0.39 is 5.82 Å². The number of benzene rings is 2. The van der Waals surface area contributed by atoms with Crippen molar-refractivity contribution in [2.24, 2.45) is 0 Å². The molecule has 26 heavy (non-hydrogen) atoms. The van der Waals surface area contributed by atoms with Crippen LogP contribution in [0.1, 0.15) is 18.4 Å².